The van der Waals surface area contributed by atoms with Gasteiger partial charge in [-0.15, -0.1) is 12.6 Å². The van der Waals surface area contributed by atoms with Crippen molar-refractivity contribution < 1.29 is 4.79 Å². The maximum Gasteiger partial charge on any atom is 0.173 e. The van der Waals surface area contributed by atoms with Crippen molar-refractivity contribution in [2.75, 3.05) is 0 Å². The molecule has 0 saturated heterocycles. The summed E-state index contributed by atoms with van der Waals surface area (Å²) in [7, 11) is 0. The highest BCUT2D eigenvalue weighted by Gasteiger charge is 1.97. The predicted octanol–water partition coefficient (Wildman–Crippen LogP) is 4.10. The Morgan fingerprint density at radius 1 is 0.706 bits per heavy atom. The first-order chi connectivity index (χ1) is 8.36. The van der Waals surface area contributed by atoms with Crippen molar-refractivity contribution in [2.24, 2.45) is 0 Å². The lowest BCUT2D eigenvalue weighted by atomic mass is 10.0. The van der Waals surface area contributed by atoms with Crippen LogP contribution in [0.4, 0.5) is 0 Å². The zero-order valence-electron chi connectivity index (χ0n) is 9.21. The van der Waals surface area contributed by atoms with Crippen LogP contribution in [0.3, 0.4) is 0 Å². The molecule has 0 fully saturated rings. The quantitative estimate of drug-likeness (QED) is 0.355. The molecule has 3 aromatic carbocycles. The van der Waals surface area contributed by atoms with E-state index in [1.807, 2.05) is 0 Å². The van der Waals surface area contributed by atoms with Gasteiger partial charge < -0.3 is 0 Å². The van der Waals surface area contributed by atoms with Crippen LogP contribution in [0, 0.1) is 0 Å². The summed E-state index contributed by atoms with van der Waals surface area (Å²) >= 11 is 3.11. The predicted molar refractivity (Wildman–Crippen MR) is 77.2 cm³/mol. The van der Waals surface area contributed by atoms with E-state index < -0.39 is 0 Å². The summed E-state index contributed by atoms with van der Waals surface area (Å²) in [6, 6.07) is 21.4. The molecule has 3 aromatic rings. The van der Waals surface area contributed by atoms with Crippen LogP contribution in [-0.2, 0) is 4.79 Å². The molecule has 0 spiro atoms. The van der Waals surface area contributed by atoms with E-state index >= 15 is 0 Å². The van der Waals surface area contributed by atoms with Gasteiger partial charge in [0.1, 0.15) is 0 Å². The summed E-state index contributed by atoms with van der Waals surface area (Å²) in [5, 5.41) is 5.30. The molecule has 0 unspecified atom stereocenters. The van der Waals surface area contributed by atoms with Gasteiger partial charge in [-0.05, 0) is 21.5 Å². The molecular formula is C15H12OS. The maximum atomic E-state index is 8.67. The van der Waals surface area contributed by atoms with Crippen LogP contribution < -0.4 is 0 Å². The van der Waals surface area contributed by atoms with Gasteiger partial charge in [-0.2, -0.15) is 0 Å². The molecule has 0 aliphatic heterocycles. The lowest BCUT2D eigenvalue weighted by Gasteiger charge is -2.02. The minimum absolute atomic E-state index is 0.444. The van der Waals surface area contributed by atoms with Crippen LogP contribution >= 0.6 is 12.6 Å². The van der Waals surface area contributed by atoms with Crippen molar-refractivity contribution in [3.8, 4) is 0 Å². The van der Waals surface area contributed by atoms with Gasteiger partial charge in [0.2, 0.25) is 0 Å². The fraction of sp³-hybridized carbons (Fsp3) is 0. The van der Waals surface area contributed by atoms with E-state index in [4.69, 9.17) is 4.79 Å². The Labute approximate surface area is 105 Å². The highest BCUT2D eigenvalue weighted by molar-refractivity contribution is 7.94. The first-order valence-electron chi connectivity index (χ1n) is 5.31. The van der Waals surface area contributed by atoms with E-state index in [0.29, 0.717) is 5.62 Å². The van der Waals surface area contributed by atoms with Crippen LogP contribution in [0.1, 0.15) is 0 Å². The van der Waals surface area contributed by atoms with Crippen LogP contribution in [-0.4, -0.2) is 5.62 Å². The van der Waals surface area contributed by atoms with Crippen molar-refractivity contribution in [3.63, 3.8) is 0 Å². The second kappa shape index (κ2) is 5.51. The van der Waals surface area contributed by atoms with E-state index in [0.717, 1.165) is 0 Å². The van der Waals surface area contributed by atoms with Crippen LogP contribution in [0.2, 0.25) is 0 Å². The molecule has 0 aliphatic carbocycles. The molecule has 3 rings (SSSR count). The number of hydrogen-bond donors (Lipinski definition) is 1. The molecular weight excluding hydrogens is 228 g/mol. The van der Waals surface area contributed by atoms with E-state index in [2.05, 4.69) is 73.3 Å². The number of hydrogen-bond acceptors (Lipinski definition) is 1. The number of rotatable bonds is 0. The summed E-state index contributed by atoms with van der Waals surface area (Å²) < 4.78 is 0. The van der Waals surface area contributed by atoms with E-state index in [9.17, 15) is 0 Å². The summed E-state index contributed by atoms with van der Waals surface area (Å²) in [5.41, 5.74) is 0.444. The Kier molecular flexibility index (Phi) is 3.78. The Balaban J connectivity index is 0.000000329. The van der Waals surface area contributed by atoms with Crippen LogP contribution in [0.15, 0.2) is 60.7 Å². The van der Waals surface area contributed by atoms with Crippen molar-refractivity contribution in [1.29, 1.82) is 0 Å². The lowest BCUT2D eigenvalue weighted by Crippen LogP contribution is -1.75. The largest absolute Gasteiger partial charge is 0.291 e. The second-order valence-corrected chi connectivity index (χ2v) is 3.82. The van der Waals surface area contributed by atoms with E-state index in [1.165, 1.54) is 21.5 Å². The van der Waals surface area contributed by atoms with E-state index in [1.54, 1.807) is 0 Å². The summed E-state index contributed by atoms with van der Waals surface area (Å²) in [6.07, 6.45) is 0. The van der Waals surface area contributed by atoms with Gasteiger partial charge in [-0.1, -0.05) is 60.7 Å². The topological polar surface area (TPSA) is 17.1 Å². The fourth-order valence-electron chi connectivity index (χ4n) is 1.95. The highest BCUT2D eigenvalue weighted by Crippen LogP contribution is 2.24. The molecule has 0 atom stereocenters. The monoisotopic (exact) mass is 240 g/mol. The Morgan fingerprint density at radius 3 is 1.47 bits per heavy atom. The van der Waals surface area contributed by atoms with Gasteiger partial charge in [0.25, 0.3) is 0 Å². The summed E-state index contributed by atoms with van der Waals surface area (Å²) in [6.45, 7) is 0. The molecule has 1 nitrogen and oxygen atoms in total. The number of thiol groups is 1. The maximum absolute atomic E-state index is 8.67. The third kappa shape index (κ3) is 2.48. The fourth-order valence-corrected chi connectivity index (χ4v) is 1.95. The lowest BCUT2D eigenvalue weighted by molar-refractivity contribution is 0.570. The zero-order valence-corrected chi connectivity index (χ0v) is 10.1. The highest BCUT2D eigenvalue weighted by atomic mass is 32.1. The molecule has 2 heteroatoms. The molecule has 84 valence electrons. The van der Waals surface area contributed by atoms with Crippen molar-refractivity contribution in [1.82, 2.24) is 0 Å². The third-order valence-electron chi connectivity index (χ3n) is 2.65. The molecule has 0 aliphatic rings. The van der Waals surface area contributed by atoms with Gasteiger partial charge in [-0.3, -0.25) is 4.79 Å². The Morgan fingerprint density at radius 2 is 1.06 bits per heavy atom. The second-order valence-electron chi connectivity index (χ2n) is 3.61. The SMILES string of the molecule is O=CS.c1ccc2c(c1)ccc1ccccc12. The summed E-state index contributed by atoms with van der Waals surface area (Å²) in [4.78, 5) is 8.67. The van der Waals surface area contributed by atoms with Crippen LogP contribution in [0.5, 0.6) is 0 Å². The number of carbonyl (C=O) groups is 1. The molecule has 0 heterocycles. The Hall–Kier alpha value is -1.80. The average Bonchev–Trinajstić information content (AvgIpc) is 2.40. The average molecular weight is 240 g/mol. The normalized spacial score (nSPS) is 9.71. The standard InChI is InChI=1S/C14H10.CH2OS/c1-3-7-13-11(5-1)9-10-12-6-2-4-8-14(12)13;2-1-3/h1-10H;1H,(H,2,3). The smallest absolute Gasteiger partial charge is 0.173 e. The number of fused-ring (bicyclic) bond motifs is 3. The molecule has 0 saturated carbocycles. The summed E-state index contributed by atoms with van der Waals surface area (Å²) in [5.74, 6) is 0. The third-order valence-corrected chi connectivity index (χ3v) is 2.65. The van der Waals surface area contributed by atoms with Crippen LogP contribution in [0.25, 0.3) is 21.5 Å². The van der Waals surface area contributed by atoms with Gasteiger partial charge in [0.05, 0.1) is 0 Å². The van der Waals surface area contributed by atoms with Gasteiger partial charge in [0.15, 0.2) is 5.62 Å². The van der Waals surface area contributed by atoms with Gasteiger partial charge in [-0.25, -0.2) is 0 Å². The van der Waals surface area contributed by atoms with Crippen molar-refractivity contribution in [3.05, 3.63) is 60.7 Å². The van der Waals surface area contributed by atoms with Gasteiger partial charge >= 0.3 is 0 Å². The van der Waals surface area contributed by atoms with E-state index in [-0.39, 0.29) is 0 Å². The molecule has 0 radical (unpaired) electrons. The molecule has 0 amide bonds. The first-order valence-corrected chi connectivity index (χ1v) is 5.83. The molecule has 0 bridgehead atoms. The number of carbonyl (C=O) groups excluding carboxylic acids is 1. The minimum atomic E-state index is 0.444. The van der Waals surface area contributed by atoms with Gasteiger partial charge in [0, 0.05) is 0 Å². The van der Waals surface area contributed by atoms with Crippen molar-refractivity contribution >= 4 is 39.8 Å². The van der Waals surface area contributed by atoms with Crippen molar-refractivity contribution in [2.45, 2.75) is 0 Å². The first kappa shape index (κ1) is 11.7. The zero-order chi connectivity index (χ0) is 12.1. The number of benzene rings is 3. The minimum Gasteiger partial charge on any atom is -0.291 e. The molecule has 0 aromatic heterocycles. The molecule has 0 N–H and O–H groups in total. The molecule has 17 heavy (non-hydrogen) atoms. The Bertz CT molecular complexity index is 592.